The van der Waals surface area contributed by atoms with Crippen molar-refractivity contribution >= 4 is 28.4 Å². The van der Waals surface area contributed by atoms with Crippen molar-refractivity contribution in [2.45, 2.75) is 20.3 Å². The van der Waals surface area contributed by atoms with Crippen LogP contribution in [-0.2, 0) is 15.9 Å². The van der Waals surface area contributed by atoms with Gasteiger partial charge in [-0.2, -0.15) is 0 Å². The van der Waals surface area contributed by atoms with Crippen LogP contribution in [0.2, 0.25) is 0 Å². The Morgan fingerprint density at radius 2 is 2.12 bits per heavy atom. The van der Waals surface area contributed by atoms with E-state index in [1.54, 1.807) is 13.0 Å². The molecule has 1 heterocycles. The molecular weight excluding hydrogens is 242 g/mol. The van der Waals surface area contributed by atoms with Gasteiger partial charge in [-0.25, -0.2) is 9.59 Å². The summed E-state index contributed by atoms with van der Waals surface area (Å²) >= 11 is 1.34. The first kappa shape index (κ1) is 13.5. The summed E-state index contributed by atoms with van der Waals surface area (Å²) < 4.78 is 9.41. The number of ether oxygens (including phenoxy) is 2. The molecule has 1 N–H and O–H groups in total. The highest BCUT2D eigenvalue weighted by atomic mass is 32.1. The number of aryl methyl sites for hydroxylation is 1. The van der Waals surface area contributed by atoms with Gasteiger partial charge in [-0.1, -0.05) is 6.92 Å². The Morgan fingerprint density at radius 1 is 1.41 bits per heavy atom. The Hall–Kier alpha value is -1.56. The van der Waals surface area contributed by atoms with Gasteiger partial charge in [0.05, 0.1) is 19.3 Å². The summed E-state index contributed by atoms with van der Waals surface area (Å²) in [6.45, 7) is 3.97. The Balaban J connectivity index is 2.92. The van der Waals surface area contributed by atoms with Gasteiger partial charge in [0, 0.05) is 4.88 Å². The maximum Gasteiger partial charge on any atom is 0.412 e. The average Bonchev–Trinajstić information content (AvgIpc) is 2.71. The molecule has 0 unspecified atom stereocenters. The second-order valence-corrected chi connectivity index (χ2v) is 4.28. The number of nitrogens with one attached hydrogen (secondary N) is 1. The van der Waals surface area contributed by atoms with Crippen molar-refractivity contribution in [1.82, 2.24) is 0 Å². The molecule has 0 saturated heterocycles. The van der Waals surface area contributed by atoms with E-state index in [0.717, 1.165) is 11.3 Å². The van der Waals surface area contributed by atoms with Crippen LogP contribution in [0.4, 0.5) is 9.80 Å². The van der Waals surface area contributed by atoms with Crippen molar-refractivity contribution in [3.05, 3.63) is 16.5 Å². The third kappa shape index (κ3) is 3.45. The molecule has 6 heteroatoms. The lowest BCUT2D eigenvalue weighted by Crippen LogP contribution is -2.14. The zero-order chi connectivity index (χ0) is 12.8. The average molecular weight is 257 g/mol. The van der Waals surface area contributed by atoms with Gasteiger partial charge in [0.25, 0.3) is 0 Å². The van der Waals surface area contributed by atoms with E-state index < -0.39 is 12.1 Å². The number of anilines is 1. The first-order valence-corrected chi connectivity index (χ1v) is 6.08. The number of hydrogen-bond acceptors (Lipinski definition) is 5. The summed E-state index contributed by atoms with van der Waals surface area (Å²) in [5.74, 6) is -0.465. The molecule has 0 spiro atoms. The summed E-state index contributed by atoms with van der Waals surface area (Å²) in [5.41, 5.74) is 0.363. The predicted molar refractivity (Wildman–Crippen MR) is 65.7 cm³/mol. The number of amides is 1. The van der Waals surface area contributed by atoms with Crippen LogP contribution >= 0.6 is 11.3 Å². The minimum Gasteiger partial charge on any atom is -0.465 e. The maximum absolute atomic E-state index is 11.5. The van der Waals surface area contributed by atoms with Crippen molar-refractivity contribution in [3.8, 4) is 0 Å². The van der Waals surface area contributed by atoms with E-state index in [1.165, 1.54) is 18.4 Å². The molecule has 1 rings (SSSR count). The van der Waals surface area contributed by atoms with Crippen LogP contribution < -0.4 is 5.32 Å². The molecule has 0 atom stereocenters. The summed E-state index contributed by atoms with van der Waals surface area (Å²) in [7, 11) is 1.31. The fourth-order valence-electron chi connectivity index (χ4n) is 1.23. The monoisotopic (exact) mass is 257 g/mol. The number of esters is 1. The van der Waals surface area contributed by atoms with Gasteiger partial charge >= 0.3 is 12.1 Å². The predicted octanol–water partition coefficient (Wildman–Crippen LogP) is 2.67. The molecule has 1 aromatic heterocycles. The van der Waals surface area contributed by atoms with E-state index in [4.69, 9.17) is 4.74 Å². The van der Waals surface area contributed by atoms with Crippen molar-refractivity contribution in [3.63, 3.8) is 0 Å². The standard InChI is InChI=1S/C11H15NO4S/c1-4-7-6-8(10(13)15-3)9(17-7)12-11(14)16-5-2/h6H,4-5H2,1-3H3,(H,12,14). The Labute approximate surface area is 104 Å². The lowest BCUT2D eigenvalue weighted by molar-refractivity contribution is 0.0602. The smallest absolute Gasteiger partial charge is 0.412 e. The SMILES string of the molecule is CCOC(=O)Nc1sc(CC)cc1C(=O)OC. The zero-order valence-electron chi connectivity index (χ0n) is 10.0. The van der Waals surface area contributed by atoms with Crippen LogP contribution in [0.25, 0.3) is 0 Å². The van der Waals surface area contributed by atoms with Gasteiger partial charge in [-0.05, 0) is 19.4 Å². The van der Waals surface area contributed by atoms with Crippen LogP contribution in [0.3, 0.4) is 0 Å². The molecule has 0 fully saturated rings. The third-order valence-corrected chi connectivity index (χ3v) is 3.22. The summed E-state index contributed by atoms with van der Waals surface area (Å²) in [6, 6.07) is 1.72. The number of carbonyl (C=O) groups excluding carboxylic acids is 2. The first-order chi connectivity index (χ1) is 8.12. The minimum atomic E-state index is -0.567. The van der Waals surface area contributed by atoms with Gasteiger partial charge in [-0.3, -0.25) is 5.32 Å². The van der Waals surface area contributed by atoms with Gasteiger partial charge in [0.1, 0.15) is 5.00 Å². The molecule has 94 valence electrons. The molecule has 17 heavy (non-hydrogen) atoms. The quantitative estimate of drug-likeness (QED) is 0.842. The van der Waals surface area contributed by atoms with Crippen LogP contribution in [0, 0.1) is 0 Å². The first-order valence-electron chi connectivity index (χ1n) is 5.27. The zero-order valence-corrected chi connectivity index (χ0v) is 10.8. The molecule has 1 aromatic rings. The molecule has 1 amide bonds. The normalized spacial score (nSPS) is 9.82. The minimum absolute atomic E-state index is 0.283. The molecule has 0 radical (unpaired) electrons. The highest BCUT2D eigenvalue weighted by Gasteiger charge is 2.18. The lowest BCUT2D eigenvalue weighted by Gasteiger charge is -2.04. The van der Waals surface area contributed by atoms with Crippen molar-refractivity contribution in [2.75, 3.05) is 19.0 Å². The van der Waals surface area contributed by atoms with Crippen LogP contribution in [0.5, 0.6) is 0 Å². The van der Waals surface area contributed by atoms with E-state index in [0.29, 0.717) is 10.6 Å². The van der Waals surface area contributed by atoms with E-state index in [-0.39, 0.29) is 6.61 Å². The summed E-state index contributed by atoms with van der Waals surface area (Å²) in [6.07, 6.45) is 0.223. The lowest BCUT2D eigenvalue weighted by atomic mass is 10.2. The largest absolute Gasteiger partial charge is 0.465 e. The van der Waals surface area contributed by atoms with Gasteiger partial charge in [-0.15, -0.1) is 11.3 Å². The molecule has 0 saturated carbocycles. The fraction of sp³-hybridized carbons (Fsp3) is 0.455. The molecule has 5 nitrogen and oxygen atoms in total. The van der Waals surface area contributed by atoms with Crippen LogP contribution in [0.1, 0.15) is 29.1 Å². The summed E-state index contributed by atoms with van der Waals surface area (Å²) in [4.78, 5) is 23.8. The number of rotatable bonds is 4. The molecule has 0 aliphatic rings. The van der Waals surface area contributed by atoms with Crippen molar-refractivity contribution < 1.29 is 19.1 Å². The number of carbonyl (C=O) groups is 2. The summed E-state index contributed by atoms with van der Waals surface area (Å²) in [5, 5.41) is 3.00. The van der Waals surface area contributed by atoms with Crippen LogP contribution in [0.15, 0.2) is 6.07 Å². The second kappa shape index (κ2) is 6.24. The number of thiophene rings is 1. The van der Waals surface area contributed by atoms with E-state index in [1.807, 2.05) is 6.92 Å². The number of hydrogen-bond donors (Lipinski definition) is 1. The topological polar surface area (TPSA) is 64.6 Å². The Kier molecular flexibility index (Phi) is 4.96. The molecule has 0 bridgehead atoms. The third-order valence-electron chi connectivity index (χ3n) is 2.03. The molecular formula is C11H15NO4S. The van der Waals surface area contributed by atoms with Crippen molar-refractivity contribution in [2.24, 2.45) is 0 Å². The van der Waals surface area contributed by atoms with E-state index in [2.05, 4.69) is 10.1 Å². The highest BCUT2D eigenvalue weighted by Crippen LogP contribution is 2.29. The molecule has 0 aromatic carbocycles. The van der Waals surface area contributed by atoms with Crippen molar-refractivity contribution in [1.29, 1.82) is 0 Å². The van der Waals surface area contributed by atoms with Gasteiger partial charge < -0.3 is 9.47 Å². The second-order valence-electron chi connectivity index (χ2n) is 3.15. The van der Waals surface area contributed by atoms with E-state index in [9.17, 15) is 9.59 Å². The molecule has 0 aliphatic heterocycles. The number of methoxy groups -OCH3 is 1. The van der Waals surface area contributed by atoms with Gasteiger partial charge in [0.2, 0.25) is 0 Å². The van der Waals surface area contributed by atoms with Gasteiger partial charge in [0.15, 0.2) is 0 Å². The maximum atomic E-state index is 11.5. The van der Waals surface area contributed by atoms with E-state index >= 15 is 0 Å². The molecule has 0 aliphatic carbocycles. The van der Waals surface area contributed by atoms with Crippen LogP contribution in [-0.4, -0.2) is 25.8 Å². The fourth-order valence-corrected chi connectivity index (χ4v) is 2.20. The Morgan fingerprint density at radius 3 is 2.65 bits per heavy atom. The Bertz CT molecular complexity index is 414. The highest BCUT2D eigenvalue weighted by molar-refractivity contribution is 7.16.